The molecule has 2 N–H and O–H groups in total. The van der Waals surface area contributed by atoms with Crippen LogP contribution in [0.5, 0.6) is 0 Å². The highest BCUT2D eigenvalue weighted by atomic mass is 19.1. The maximum Gasteiger partial charge on any atom is 0.128 e. The molecule has 2 atom stereocenters. The third-order valence-electron chi connectivity index (χ3n) is 4.29. The average molecular weight is 266 g/mol. The van der Waals surface area contributed by atoms with Crippen LogP contribution < -0.4 is 10.6 Å². The van der Waals surface area contributed by atoms with Crippen molar-refractivity contribution in [3.05, 3.63) is 35.4 Å². The van der Waals surface area contributed by atoms with Crippen LogP contribution >= 0.6 is 0 Å². The summed E-state index contributed by atoms with van der Waals surface area (Å²) in [5, 5.41) is 6.94. The van der Waals surface area contributed by atoms with Gasteiger partial charge in [0.15, 0.2) is 0 Å². The zero-order valence-electron chi connectivity index (χ0n) is 11.2. The molecule has 1 heterocycles. The molecule has 1 aromatic carbocycles. The molecule has 0 amide bonds. The number of halogens is 2. The smallest absolute Gasteiger partial charge is 0.128 e. The molecule has 0 spiro atoms. The van der Waals surface area contributed by atoms with E-state index in [1.807, 2.05) is 0 Å². The summed E-state index contributed by atoms with van der Waals surface area (Å²) in [6.45, 7) is 3.07. The molecule has 1 saturated carbocycles. The highest BCUT2D eigenvalue weighted by molar-refractivity contribution is 5.23. The van der Waals surface area contributed by atoms with Crippen molar-refractivity contribution in [3.63, 3.8) is 0 Å². The van der Waals surface area contributed by atoms with E-state index in [0.717, 1.165) is 19.4 Å². The van der Waals surface area contributed by atoms with Crippen LogP contribution in [0.4, 0.5) is 8.78 Å². The maximum atomic E-state index is 13.8. The molecule has 3 rings (SSSR count). The molecular weight excluding hydrogens is 246 g/mol. The first kappa shape index (κ1) is 13.0. The molecule has 2 nitrogen and oxygen atoms in total. The van der Waals surface area contributed by atoms with E-state index in [2.05, 4.69) is 17.6 Å². The SMILES string of the molecule is CC1(NC2CCNC(c3cc(F)ccc3F)C2)CC1. The molecule has 1 aromatic rings. The Bertz CT molecular complexity index is 471. The number of rotatable bonds is 3. The molecule has 4 heteroatoms. The summed E-state index contributed by atoms with van der Waals surface area (Å²) in [7, 11) is 0. The molecule has 104 valence electrons. The van der Waals surface area contributed by atoms with Crippen molar-refractivity contribution in [1.29, 1.82) is 0 Å². The molecule has 2 fully saturated rings. The second-order valence-corrected chi connectivity index (χ2v) is 6.10. The summed E-state index contributed by atoms with van der Waals surface area (Å²) < 4.78 is 27.1. The lowest BCUT2D eigenvalue weighted by atomic mass is 9.92. The first-order valence-electron chi connectivity index (χ1n) is 7.02. The first-order valence-corrected chi connectivity index (χ1v) is 7.02. The van der Waals surface area contributed by atoms with Crippen molar-refractivity contribution in [2.45, 2.75) is 50.2 Å². The first-order chi connectivity index (χ1) is 9.06. The van der Waals surface area contributed by atoms with Gasteiger partial charge in [0.2, 0.25) is 0 Å². The predicted octanol–water partition coefficient (Wildman–Crippen LogP) is 2.90. The van der Waals surface area contributed by atoms with Crippen LogP contribution in [0.25, 0.3) is 0 Å². The second-order valence-electron chi connectivity index (χ2n) is 6.10. The molecule has 0 bridgehead atoms. The molecule has 1 aliphatic carbocycles. The van der Waals surface area contributed by atoms with E-state index in [1.165, 1.54) is 31.0 Å². The van der Waals surface area contributed by atoms with Gasteiger partial charge in [-0.25, -0.2) is 8.78 Å². The molecule has 0 aromatic heterocycles. The van der Waals surface area contributed by atoms with Gasteiger partial charge in [-0.15, -0.1) is 0 Å². The second kappa shape index (κ2) is 4.84. The van der Waals surface area contributed by atoms with Crippen LogP contribution in [0.15, 0.2) is 18.2 Å². The summed E-state index contributed by atoms with van der Waals surface area (Å²) in [6, 6.07) is 3.99. The van der Waals surface area contributed by atoms with Gasteiger partial charge < -0.3 is 10.6 Å². The lowest BCUT2D eigenvalue weighted by molar-refractivity contribution is 0.293. The number of piperidine rings is 1. The lowest BCUT2D eigenvalue weighted by Crippen LogP contribution is -2.46. The summed E-state index contributed by atoms with van der Waals surface area (Å²) in [5.74, 6) is -0.695. The predicted molar refractivity (Wildman–Crippen MR) is 70.9 cm³/mol. The number of benzene rings is 1. The van der Waals surface area contributed by atoms with Crippen LogP contribution in [0.3, 0.4) is 0 Å². The Labute approximate surface area is 112 Å². The van der Waals surface area contributed by atoms with Gasteiger partial charge in [-0.3, -0.25) is 0 Å². The van der Waals surface area contributed by atoms with Gasteiger partial charge in [0.05, 0.1) is 0 Å². The molecule has 2 aliphatic rings. The molecule has 2 unspecified atom stereocenters. The number of hydrogen-bond donors (Lipinski definition) is 2. The van der Waals surface area contributed by atoms with Gasteiger partial charge in [-0.1, -0.05) is 0 Å². The van der Waals surface area contributed by atoms with E-state index < -0.39 is 0 Å². The Hall–Kier alpha value is -1.00. The van der Waals surface area contributed by atoms with E-state index in [1.54, 1.807) is 0 Å². The summed E-state index contributed by atoms with van der Waals surface area (Å²) in [4.78, 5) is 0. The number of hydrogen-bond acceptors (Lipinski definition) is 2. The van der Waals surface area contributed by atoms with Crippen LogP contribution in [-0.4, -0.2) is 18.1 Å². The average Bonchev–Trinajstić information content (AvgIpc) is 3.10. The van der Waals surface area contributed by atoms with Gasteiger partial charge in [0.25, 0.3) is 0 Å². The highest BCUT2D eigenvalue weighted by Crippen LogP contribution is 2.36. The minimum Gasteiger partial charge on any atom is -0.310 e. The zero-order chi connectivity index (χ0) is 13.5. The fraction of sp³-hybridized carbons (Fsp3) is 0.600. The quantitative estimate of drug-likeness (QED) is 0.879. The molecule has 1 saturated heterocycles. The van der Waals surface area contributed by atoms with Crippen molar-refractivity contribution in [1.82, 2.24) is 10.6 Å². The third-order valence-corrected chi connectivity index (χ3v) is 4.29. The number of nitrogens with one attached hydrogen (secondary N) is 2. The Kier molecular flexibility index (Phi) is 3.31. The lowest BCUT2D eigenvalue weighted by Gasteiger charge is -2.33. The van der Waals surface area contributed by atoms with E-state index in [9.17, 15) is 8.78 Å². The fourth-order valence-electron chi connectivity index (χ4n) is 2.89. The van der Waals surface area contributed by atoms with Crippen molar-refractivity contribution in [3.8, 4) is 0 Å². The van der Waals surface area contributed by atoms with Gasteiger partial charge in [0, 0.05) is 23.2 Å². The van der Waals surface area contributed by atoms with Crippen LogP contribution in [0, 0.1) is 11.6 Å². The van der Waals surface area contributed by atoms with Gasteiger partial charge in [-0.2, -0.15) is 0 Å². The van der Waals surface area contributed by atoms with Crippen molar-refractivity contribution in [2.24, 2.45) is 0 Å². The summed E-state index contributed by atoms with van der Waals surface area (Å²) >= 11 is 0. The van der Waals surface area contributed by atoms with E-state index >= 15 is 0 Å². The monoisotopic (exact) mass is 266 g/mol. The zero-order valence-corrected chi connectivity index (χ0v) is 11.2. The third kappa shape index (κ3) is 2.95. The molecule has 19 heavy (non-hydrogen) atoms. The van der Waals surface area contributed by atoms with Crippen LogP contribution in [0.2, 0.25) is 0 Å². The van der Waals surface area contributed by atoms with Crippen molar-refractivity contribution >= 4 is 0 Å². The standard InChI is InChI=1S/C15H20F2N2/c1-15(5-6-15)19-11-4-7-18-14(9-11)12-8-10(16)2-3-13(12)17/h2-3,8,11,14,18-19H,4-7,9H2,1H3. The molecular formula is C15H20F2N2. The minimum atomic E-state index is -0.373. The van der Waals surface area contributed by atoms with Gasteiger partial charge in [0.1, 0.15) is 11.6 Å². The Morgan fingerprint density at radius 3 is 2.84 bits per heavy atom. The minimum absolute atomic E-state index is 0.0932. The van der Waals surface area contributed by atoms with Crippen LogP contribution in [0.1, 0.15) is 44.2 Å². The van der Waals surface area contributed by atoms with Crippen molar-refractivity contribution < 1.29 is 8.78 Å². The normalized spacial score (nSPS) is 29.2. The van der Waals surface area contributed by atoms with E-state index in [4.69, 9.17) is 0 Å². The molecule has 0 radical (unpaired) electrons. The topological polar surface area (TPSA) is 24.1 Å². The Morgan fingerprint density at radius 1 is 1.32 bits per heavy atom. The van der Waals surface area contributed by atoms with Crippen molar-refractivity contribution in [2.75, 3.05) is 6.54 Å². The fourth-order valence-corrected chi connectivity index (χ4v) is 2.89. The van der Waals surface area contributed by atoms with Crippen LogP contribution in [-0.2, 0) is 0 Å². The summed E-state index contributed by atoms with van der Waals surface area (Å²) in [6.07, 6.45) is 4.30. The Balaban J connectivity index is 1.71. The van der Waals surface area contributed by atoms with E-state index in [0.29, 0.717) is 11.6 Å². The largest absolute Gasteiger partial charge is 0.310 e. The Morgan fingerprint density at radius 2 is 2.11 bits per heavy atom. The van der Waals surface area contributed by atoms with Gasteiger partial charge >= 0.3 is 0 Å². The maximum absolute atomic E-state index is 13.8. The molecule has 1 aliphatic heterocycles. The summed E-state index contributed by atoms with van der Waals surface area (Å²) in [5.41, 5.74) is 0.736. The van der Waals surface area contributed by atoms with E-state index in [-0.39, 0.29) is 23.2 Å². The van der Waals surface area contributed by atoms with Gasteiger partial charge in [-0.05, 0) is 57.4 Å². The highest BCUT2D eigenvalue weighted by Gasteiger charge is 2.39.